The van der Waals surface area contributed by atoms with E-state index < -0.39 is 0 Å². The lowest BCUT2D eigenvalue weighted by atomic mass is 9.95. The van der Waals surface area contributed by atoms with E-state index in [9.17, 15) is 4.79 Å². The molecule has 1 aromatic carbocycles. The summed E-state index contributed by atoms with van der Waals surface area (Å²) < 4.78 is 0. The van der Waals surface area contributed by atoms with Gasteiger partial charge in [0.15, 0.2) is 5.69 Å². The third kappa shape index (κ3) is 3.84. The van der Waals surface area contributed by atoms with Gasteiger partial charge in [-0.1, -0.05) is 30.3 Å². The number of carbonyl (C=O) groups is 1. The highest BCUT2D eigenvalue weighted by Gasteiger charge is 2.24. The fourth-order valence-electron chi connectivity index (χ4n) is 2.14. The maximum Gasteiger partial charge on any atom is 0.274 e. The summed E-state index contributed by atoms with van der Waals surface area (Å²) in [4.78, 5) is 12.2. The molecular weight excluding hydrogens is 264 g/mol. The Labute approximate surface area is 124 Å². The van der Waals surface area contributed by atoms with Gasteiger partial charge in [0.1, 0.15) is 0 Å². The number of anilines is 1. The Morgan fingerprint density at radius 2 is 2.00 bits per heavy atom. The third-order valence-electron chi connectivity index (χ3n) is 3.54. The number of carbonyl (C=O) groups excluding carboxylic acids is 1. The first-order valence-electron chi connectivity index (χ1n) is 7.06. The number of nitrogens with one attached hydrogen (secondary N) is 2. The SMILES string of the molecule is Cc1[nH]nc(C(=O)NC(C)(C)CCc2ccccc2)c1N. The lowest BCUT2D eigenvalue weighted by Crippen LogP contribution is -2.44. The quantitative estimate of drug-likeness (QED) is 0.789. The number of nitrogens with zero attached hydrogens (tertiary/aromatic N) is 1. The number of H-pyrrole nitrogens is 1. The molecule has 0 spiro atoms. The Kier molecular flexibility index (Phi) is 4.31. The highest BCUT2D eigenvalue weighted by Crippen LogP contribution is 2.17. The van der Waals surface area contributed by atoms with Crippen LogP contribution in [-0.4, -0.2) is 21.6 Å². The predicted octanol–water partition coefficient (Wildman–Crippen LogP) is 2.44. The lowest BCUT2D eigenvalue weighted by molar-refractivity contribution is 0.0905. The fraction of sp³-hybridized carbons (Fsp3) is 0.375. The number of aromatic amines is 1. The number of hydrogen-bond donors (Lipinski definition) is 3. The van der Waals surface area contributed by atoms with Crippen LogP contribution in [-0.2, 0) is 6.42 Å². The van der Waals surface area contributed by atoms with Gasteiger partial charge in [0.05, 0.1) is 11.4 Å². The van der Waals surface area contributed by atoms with Crippen molar-refractivity contribution in [1.82, 2.24) is 15.5 Å². The molecule has 2 rings (SSSR count). The molecule has 1 heterocycles. The van der Waals surface area contributed by atoms with Gasteiger partial charge < -0.3 is 11.1 Å². The van der Waals surface area contributed by atoms with Crippen LogP contribution in [0.25, 0.3) is 0 Å². The highest BCUT2D eigenvalue weighted by molar-refractivity contribution is 5.97. The van der Waals surface area contributed by atoms with Gasteiger partial charge in [-0.2, -0.15) is 5.10 Å². The number of nitrogens with two attached hydrogens (primary N) is 1. The average Bonchev–Trinajstić information content (AvgIpc) is 2.78. The largest absolute Gasteiger partial charge is 0.395 e. The summed E-state index contributed by atoms with van der Waals surface area (Å²) >= 11 is 0. The molecule has 0 aliphatic carbocycles. The maximum absolute atomic E-state index is 12.2. The molecule has 112 valence electrons. The molecule has 0 atom stereocenters. The van der Waals surface area contributed by atoms with E-state index in [1.54, 1.807) is 6.92 Å². The van der Waals surface area contributed by atoms with Crippen LogP contribution in [0.2, 0.25) is 0 Å². The minimum atomic E-state index is -0.327. The van der Waals surface area contributed by atoms with Crippen LogP contribution >= 0.6 is 0 Å². The molecule has 1 amide bonds. The highest BCUT2D eigenvalue weighted by atomic mass is 16.2. The number of rotatable bonds is 5. The zero-order valence-corrected chi connectivity index (χ0v) is 12.7. The smallest absolute Gasteiger partial charge is 0.274 e. The Balaban J connectivity index is 1.97. The van der Waals surface area contributed by atoms with Crippen molar-refractivity contribution in [2.75, 3.05) is 5.73 Å². The molecular formula is C16H22N4O. The van der Waals surface area contributed by atoms with Gasteiger partial charge >= 0.3 is 0 Å². The van der Waals surface area contributed by atoms with E-state index in [0.717, 1.165) is 12.8 Å². The standard InChI is InChI=1S/C16H22N4O/c1-11-13(17)14(20-19-11)15(21)18-16(2,3)10-9-12-7-5-4-6-8-12/h4-8H,9-10,17H2,1-3H3,(H,18,21)(H,19,20). The van der Waals surface area contributed by atoms with Crippen molar-refractivity contribution in [3.8, 4) is 0 Å². The van der Waals surface area contributed by atoms with E-state index in [1.165, 1.54) is 5.56 Å². The van der Waals surface area contributed by atoms with Crippen molar-refractivity contribution < 1.29 is 4.79 Å². The van der Waals surface area contributed by atoms with Crippen LogP contribution < -0.4 is 11.1 Å². The number of aryl methyl sites for hydroxylation is 2. The molecule has 0 fully saturated rings. The van der Waals surface area contributed by atoms with Crippen molar-refractivity contribution in [3.05, 3.63) is 47.3 Å². The van der Waals surface area contributed by atoms with Crippen molar-refractivity contribution in [1.29, 1.82) is 0 Å². The molecule has 0 saturated heterocycles. The van der Waals surface area contributed by atoms with Crippen LogP contribution in [0, 0.1) is 6.92 Å². The zero-order valence-electron chi connectivity index (χ0n) is 12.7. The topological polar surface area (TPSA) is 83.8 Å². The van der Waals surface area contributed by atoms with Gasteiger partial charge in [-0.05, 0) is 39.2 Å². The minimum absolute atomic E-state index is 0.241. The monoisotopic (exact) mass is 286 g/mol. The van der Waals surface area contributed by atoms with Gasteiger partial charge in [-0.25, -0.2) is 0 Å². The second-order valence-electron chi connectivity index (χ2n) is 5.93. The summed E-state index contributed by atoms with van der Waals surface area (Å²) in [5.74, 6) is -0.241. The normalized spacial score (nSPS) is 11.4. The van der Waals surface area contributed by atoms with Crippen molar-refractivity contribution in [2.24, 2.45) is 0 Å². The lowest BCUT2D eigenvalue weighted by Gasteiger charge is -2.26. The van der Waals surface area contributed by atoms with E-state index in [0.29, 0.717) is 11.4 Å². The average molecular weight is 286 g/mol. The van der Waals surface area contributed by atoms with Crippen LogP contribution in [0.1, 0.15) is 42.0 Å². The van der Waals surface area contributed by atoms with E-state index >= 15 is 0 Å². The molecule has 21 heavy (non-hydrogen) atoms. The zero-order chi connectivity index (χ0) is 15.5. The molecule has 0 aliphatic rings. The number of nitrogen functional groups attached to an aromatic ring is 1. The molecule has 0 radical (unpaired) electrons. The number of benzene rings is 1. The van der Waals surface area contributed by atoms with Gasteiger partial charge in [-0.3, -0.25) is 9.89 Å². The fourth-order valence-corrected chi connectivity index (χ4v) is 2.14. The second kappa shape index (κ2) is 5.99. The number of hydrogen-bond acceptors (Lipinski definition) is 3. The number of aromatic nitrogens is 2. The van der Waals surface area contributed by atoms with E-state index in [2.05, 4.69) is 27.6 Å². The summed E-state index contributed by atoms with van der Waals surface area (Å²) in [5, 5.41) is 9.68. The molecule has 0 aliphatic heterocycles. The number of amides is 1. The molecule has 4 N–H and O–H groups in total. The van der Waals surface area contributed by atoms with Gasteiger partial charge in [0.2, 0.25) is 0 Å². The molecule has 0 bridgehead atoms. The Bertz CT molecular complexity index is 616. The minimum Gasteiger partial charge on any atom is -0.395 e. The van der Waals surface area contributed by atoms with Gasteiger partial charge in [0, 0.05) is 5.54 Å². The molecule has 1 aromatic heterocycles. The van der Waals surface area contributed by atoms with Crippen LogP contribution in [0.5, 0.6) is 0 Å². The first-order chi connectivity index (χ1) is 9.89. The third-order valence-corrected chi connectivity index (χ3v) is 3.54. The second-order valence-corrected chi connectivity index (χ2v) is 5.93. The van der Waals surface area contributed by atoms with Crippen LogP contribution in [0.4, 0.5) is 5.69 Å². The first-order valence-corrected chi connectivity index (χ1v) is 7.06. The summed E-state index contributed by atoms with van der Waals surface area (Å²) in [6.07, 6.45) is 1.75. The van der Waals surface area contributed by atoms with E-state index in [1.807, 2.05) is 32.0 Å². The van der Waals surface area contributed by atoms with Gasteiger partial charge in [-0.15, -0.1) is 0 Å². The summed E-state index contributed by atoms with van der Waals surface area (Å²) in [6, 6.07) is 10.2. The summed E-state index contributed by atoms with van der Waals surface area (Å²) in [6.45, 7) is 5.80. The molecule has 0 unspecified atom stereocenters. The van der Waals surface area contributed by atoms with Gasteiger partial charge in [0.25, 0.3) is 5.91 Å². The summed E-state index contributed by atoms with van der Waals surface area (Å²) in [5.41, 5.74) is 8.15. The van der Waals surface area contributed by atoms with Crippen LogP contribution in [0.15, 0.2) is 30.3 Å². The molecule has 5 nitrogen and oxygen atoms in total. The molecule has 0 saturated carbocycles. The Morgan fingerprint density at radius 3 is 2.57 bits per heavy atom. The summed E-state index contributed by atoms with van der Waals surface area (Å²) in [7, 11) is 0. The van der Waals surface area contributed by atoms with Crippen LogP contribution in [0.3, 0.4) is 0 Å². The predicted molar refractivity (Wildman–Crippen MR) is 84.0 cm³/mol. The van der Waals surface area contributed by atoms with Crippen molar-refractivity contribution in [2.45, 2.75) is 39.2 Å². The molecule has 5 heteroatoms. The molecule has 2 aromatic rings. The first kappa shape index (κ1) is 15.1. The van der Waals surface area contributed by atoms with E-state index in [-0.39, 0.29) is 17.1 Å². The Morgan fingerprint density at radius 1 is 1.33 bits per heavy atom. The van der Waals surface area contributed by atoms with Crippen molar-refractivity contribution >= 4 is 11.6 Å². The van der Waals surface area contributed by atoms with E-state index in [4.69, 9.17) is 5.73 Å². The Hall–Kier alpha value is -2.30. The van der Waals surface area contributed by atoms with Crippen molar-refractivity contribution in [3.63, 3.8) is 0 Å². The maximum atomic E-state index is 12.2.